The van der Waals surface area contributed by atoms with Crippen LogP contribution < -0.4 is 5.32 Å². The van der Waals surface area contributed by atoms with E-state index in [0.29, 0.717) is 6.54 Å². The molecule has 86 valence electrons. The van der Waals surface area contributed by atoms with Gasteiger partial charge in [0, 0.05) is 25.4 Å². The van der Waals surface area contributed by atoms with Gasteiger partial charge in [0.05, 0.1) is 6.10 Å². The van der Waals surface area contributed by atoms with E-state index < -0.39 is 0 Å². The van der Waals surface area contributed by atoms with Crippen LogP contribution in [0.25, 0.3) is 0 Å². The van der Waals surface area contributed by atoms with Crippen LogP contribution in [0.4, 0.5) is 0 Å². The standard InChI is InChI=1S/C10H24N2OS/c1-4-5-11-8-10(13)9-12(2)6-7-14-3/h10-11,13H,4-9H2,1-3H3. The zero-order chi connectivity index (χ0) is 10.8. The van der Waals surface area contributed by atoms with E-state index in [0.717, 1.165) is 31.8 Å². The molecule has 0 amide bonds. The maximum absolute atomic E-state index is 9.63. The van der Waals surface area contributed by atoms with Crippen molar-refractivity contribution in [2.75, 3.05) is 45.2 Å². The average molecular weight is 220 g/mol. The number of rotatable bonds is 9. The van der Waals surface area contributed by atoms with Gasteiger partial charge in [-0.15, -0.1) is 0 Å². The smallest absolute Gasteiger partial charge is 0.0791 e. The zero-order valence-electron chi connectivity index (χ0n) is 9.62. The maximum Gasteiger partial charge on any atom is 0.0791 e. The van der Waals surface area contributed by atoms with Crippen LogP contribution in [0.3, 0.4) is 0 Å². The molecule has 1 atom stereocenters. The maximum atomic E-state index is 9.63. The summed E-state index contributed by atoms with van der Waals surface area (Å²) in [6.45, 7) is 5.64. The number of thioether (sulfide) groups is 1. The van der Waals surface area contributed by atoms with Crippen molar-refractivity contribution in [2.45, 2.75) is 19.4 Å². The highest BCUT2D eigenvalue weighted by Gasteiger charge is 2.06. The molecule has 14 heavy (non-hydrogen) atoms. The predicted molar refractivity (Wildman–Crippen MR) is 65.0 cm³/mol. The second-order valence-corrected chi connectivity index (χ2v) is 4.60. The quantitative estimate of drug-likeness (QED) is 0.559. The minimum absolute atomic E-state index is 0.242. The monoisotopic (exact) mass is 220 g/mol. The topological polar surface area (TPSA) is 35.5 Å². The Morgan fingerprint density at radius 3 is 2.79 bits per heavy atom. The third-order valence-electron chi connectivity index (χ3n) is 2.01. The largest absolute Gasteiger partial charge is 0.390 e. The molecule has 4 heteroatoms. The Balaban J connectivity index is 3.35. The molecule has 0 aliphatic heterocycles. The molecule has 0 aliphatic rings. The van der Waals surface area contributed by atoms with Crippen LogP contribution in [0.1, 0.15) is 13.3 Å². The van der Waals surface area contributed by atoms with Crippen molar-refractivity contribution >= 4 is 11.8 Å². The summed E-state index contributed by atoms with van der Waals surface area (Å²) in [5.74, 6) is 1.13. The van der Waals surface area contributed by atoms with Gasteiger partial charge in [-0.2, -0.15) is 11.8 Å². The Bertz CT molecular complexity index is 125. The number of hydrogen-bond donors (Lipinski definition) is 2. The highest BCUT2D eigenvalue weighted by atomic mass is 32.2. The van der Waals surface area contributed by atoms with Gasteiger partial charge in [0.2, 0.25) is 0 Å². The zero-order valence-corrected chi connectivity index (χ0v) is 10.4. The fourth-order valence-electron chi connectivity index (χ4n) is 1.21. The molecular weight excluding hydrogens is 196 g/mol. The highest BCUT2D eigenvalue weighted by Crippen LogP contribution is 1.94. The third kappa shape index (κ3) is 8.81. The molecule has 0 aliphatic carbocycles. The average Bonchev–Trinajstić information content (AvgIpc) is 2.15. The fourth-order valence-corrected chi connectivity index (χ4v) is 1.70. The first-order valence-electron chi connectivity index (χ1n) is 5.27. The summed E-state index contributed by atoms with van der Waals surface area (Å²) in [5.41, 5.74) is 0. The van der Waals surface area contributed by atoms with Crippen LogP contribution in [0, 0.1) is 0 Å². The van der Waals surface area contributed by atoms with Gasteiger partial charge in [0.15, 0.2) is 0 Å². The summed E-state index contributed by atoms with van der Waals surface area (Å²) >= 11 is 1.84. The van der Waals surface area contributed by atoms with E-state index in [2.05, 4.69) is 30.4 Å². The van der Waals surface area contributed by atoms with Crippen LogP contribution in [-0.4, -0.2) is 61.3 Å². The molecule has 0 rings (SSSR count). The molecule has 0 saturated carbocycles. The molecule has 0 aromatic heterocycles. The summed E-state index contributed by atoms with van der Waals surface area (Å²) in [5, 5.41) is 12.8. The van der Waals surface area contributed by atoms with Gasteiger partial charge in [-0.3, -0.25) is 0 Å². The van der Waals surface area contributed by atoms with Crippen molar-refractivity contribution in [2.24, 2.45) is 0 Å². The molecule has 0 bridgehead atoms. The first kappa shape index (κ1) is 14.2. The molecule has 1 unspecified atom stereocenters. The number of nitrogens with zero attached hydrogens (tertiary/aromatic N) is 1. The second-order valence-electron chi connectivity index (χ2n) is 3.61. The Kier molecular flexibility index (Phi) is 9.93. The van der Waals surface area contributed by atoms with Gasteiger partial charge in [0.1, 0.15) is 0 Å². The molecule has 0 aromatic rings. The van der Waals surface area contributed by atoms with Crippen molar-refractivity contribution < 1.29 is 5.11 Å². The highest BCUT2D eigenvalue weighted by molar-refractivity contribution is 7.98. The summed E-state index contributed by atoms with van der Waals surface area (Å²) in [4.78, 5) is 2.18. The van der Waals surface area contributed by atoms with E-state index in [-0.39, 0.29) is 6.10 Å². The number of aliphatic hydroxyl groups excluding tert-OH is 1. The van der Waals surface area contributed by atoms with Gasteiger partial charge >= 0.3 is 0 Å². The van der Waals surface area contributed by atoms with Gasteiger partial charge < -0.3 is 15.3 Å². The molecule has 0 saturated heterocycles. The SMILES string of the molecule is CCCNCC(O)CN(C)CCSC. The predicted octanol–water partition coefficient (Wildman–Crippen LogP) is 0.642. The van der Waals surface area contributed by atoms with Crippen LogP contribution in [0.2, 0.25) is 0 Å². The van der Waals surface area contributed by atoms with E-state index in [4.69, 9.17) is 0 Å². The van der Waals surface area contributed by atoms with Crippen LogP contribution in [-0.2, 0) is 0 Å². The van der Waals surface area contributed by atoms with Crippen molar-refractivity contribution in [3.8, 4) is 0 Å². The Hall–Kier alpha value is 0.230. The molecule has 0 aromatic carbocycles. The summed E-state index contributed by atoms with van der Waals surface area (Å²) in [6.07, 6.45) is 2.98. The van der Waals surface area contributed by atoms with Crippen molar-refractivity contribution in [3.63, 3.8) is 0 Å². The second kappa shape index (κ2) is 9.77. The van der Waals surface area contributed by atoms with E-state index in [9.17, 15) is 5.11 Å². The van der Waals surface area contributed by atoms with Crippen molar-refractivity contribution in [3.05, 3.63) is 0 Å². The van der Waals surface area contributed by atoms with E-state index in [1.54, 1.807) is 0 Å². The lowest BCUT2D eigenvalue weighted by atomic mass is 10.3. The minimum atomic E-state index is -0.242. The molecule has 3 nitrogen and oxygen atoms in total. The number of likely N-dealkylation sites (N-methyl/N-ethyl adjacent to an activating group) is 1. The molecule has 0 radical (unpaired) electrons. The molecule has 0 spiro atoms. The number of hydrogen-bond acceptors (Lipinski definition) is 4. The van der Waals surface area contributed by atoms with Gasteiger partial charge in [-0.25, -0.2) is 0 Å². The lowest BCUT2D eigenvalue weighted by Gasteiger charge is -2.20. The van der Waals surface area contributed by atoms with E-state index >= 15 is 0 Å². The molecule has 0 fully saturated rings. The van der Waals surface area contributed by atoms with Crippen LogP contribution in [0.5, 0.6) is 0 Å². The minimum Gasteiger partial charge on any atom is -0.390 e. The first-order chi connectivity index (χ1) is 6.70. The lowest BCUT2D eigenvalue weighted by molar-refractivity contribution is 0.127. The summed E-state index contributed by atoms with van der Waals surface area (Å²) in [7, 11) is 2.05. The Morgan fingerprint density at radius 1 is 1.50 bits per heavy atom. The number of aliphatic hydroxyl groups is 1. The summed E-state index contributed by atoms with van der Waals surface area (Å²) < 4.78 is 0. The third-order valence-corrected chi connectivity index (χ3v) is 2.60. The Labute approximate surface area is 92.3 Å². The molecule has 2 N–H and O–H groups in total. The Morgan fingerprint density at radius 2 is 2.21 bits per heavy atom. The normalized spacial score (nSPS) is 13.5. The van der Waals surface area contributed by atoms with Gasteiger partial charge in [0.25, 0.3) is 0 Å². The van der Waals surface area contributed by atoms with E-state index in [1.165, 1.54) is 0 Å². The van der Waals surface area contributed by atoms with E-state index in [1.807, 2.05) is 11.8 Å². The van der Waals surface area contributed by atoms with Crippen LogP contribution >= 0.6 is 11.8 Å². The van der Waals surface area contributed by atoms with Gasteiger partial charge in [-0.05, 0) is 26.3 Å². The number of nitrogens with one attached hydrogen (secondary N) is 1. The molecular formula is C10H24N2OS. The summed E-state index contributed by atoms with van der Waals surface area (Å²) in [6, 6.07) is 0. The van der Waals surface area contributed by atoms with Crippen molar-refractivity contribution in [1.29, 1.82) is 0 Å². The lowest BCUT2D eigenvalue weighted by Crippen LogP contribution is -2.37. The first-order valence-corrected chi connectivity index (χ1v) is 6.66. The van der Waals surface area contributed by atoms with Crippen LogP contribution in [0.15, 0.2) is 0 Å². The molecule has 0 heterocycles. The fraction of sp³-hybridized carbons (Fsp3) is 1.00. The van der Waals surface area contributed by atoms with Gasteiger partial charge in [-0.1, -0.05) is 6.92 Å². The van der Waals surface area contributed by atoms with Crippen molar-refractivity contribution in [1.82, 2.24) is 10.2 Å².